The number of hydrogen-bond acceptors (Lipinski definition) is 4. The van der Waals surface area contributed by atoms with Crippen molar-refractivity contribution in [3.8, 4) is 5.75 Å². The van der Waals surface area contributed by atoms with Crippen molar-refractivity contribution in [3.05, 3.63) is 53.6 Å². The van der Waals surface area contributed by atoms with Crippen LogP contribution >= 0.6 is 0 Å². The zero-order valence-electron chi connectivity index (χ0n) is 18.0. The Balaban J connectivity index is 1.72. The Hall–Kier alpha value is -2.38. The Morgan fingerprint density at radius 2 is 1.80 bits per heavy atom. The van der Waals surface area contributed by atoms with Crippen molar-refractivity contribution in [1.29, 1.82) is 0 Å². The Labute approximate surface area is 179 Å². The number of hydrogen-bond donors (Lipinski definition) is 1. The van der Waals surface area contributed by atoms with Gasteiger partial charge in [0.05, 0.1) is 7.11 Å². The number of carbonyl (C=O) groups excluding carboxylic acids is 1. The van der Waals surface area contributed by atoms with Crippen LogP contribution in [0.3, 0.4) is 0 Å². The first-order valence-electron chi connectivity index (χ1n) is 10.3. The fourth-order valence-electron chi connectivity index (χ4n) is 3.70. The van der Waals surface area contributed by atoms with E-state index in [-0.39, 0.29) is 22.6 Å². The molecule has 0 atom stereocenters. The summed E-state index contributed by atoms with van der Waals surface area (Å²) in [4.78, 5) is 12.9. The SMILES string of the molecule is COc1ccc(C(C)C)cc1S(=O)(=O)N1CCC(C(=O)Nc2ccccc2C)CC1. The Morgan fingerprint density at radius 1 is 1.13 bits per heavy atom. The van der Waals surface area contributed by atoms with Gasteiger partial charge in [-0.3, -0.25) is 4.79 Å². The number of methoxy groups -OCH3 is 1. The van der Waals surface area contributed by atoms with Crippen molar-refractivity contribution in [2.45, 2.75) is 44.4 Å². The molecule has 3 rings (SSSR count). The third-order valence-electron chi connectivity index (χ3n) is 5.70. The van der Waals surface area contributed by atoms with E-state index in [2.05, 4.69) is 5.32 Å². The van der Waals surface area contributed by atoms with Crippen LogP contribution in [-0.4, -0.2) is 38.8 Å². The van der Waals surface area contributed by atoms with Crippen LogP contribution in [-0.2, 0) is 14.8 Å². The molecule has 30 heavy (non-hydrogen) atoms. The molecule has 0 aliphatic carbocycles. The standard InChI is InChI=1S/C23H30N2O4S/c1-16(2)19-9-10-21(29-4)22(15-19)30(27,28)25-13-11-18(12-14-25)23(26)24-20-8-6-5-7-17(20)3/h5-10,15-16,18H,11-14H2,1-4H3,(H,24,26). The molecule has 0 bridgehead atoms. The molecule has 162 valence electrons. The number of amides is 1. The van der Waals surface area contributed by atoms with Crippen LogP contribution in [0.2, 0.25) is 0 Å². The average molecular weight is 431 g/mol. The number of nitrogens with one attached hydrogen (secondary N) is 1. The lowest BCUT2D eigenvalue weighted by Gasteiger charge is -2.31. The summed E-state index contributed by atoms with van der Waals surface area (Å²) in [6, 6.07) is 12.9. The number of benzene rings is 2. The van der Waals surface area contributed by atoms with Crippen molar-refractivity contribution in [2.24, 2.45) is 5.92 Å². The number of para-hydroxylation sites is 1. The second kappa shape index (κ2) is 9.18. The molecule has 0 radical (unpaired) electrons. The molecule has 2 aromatic rings. The second-order valence-electron chi connectivity index (χ2n) is 8.05. The molecule has 0 aromatic heterocycles. The highest BCUT2D eigenvalue weighted by Crippen LogP contribution is 2.32. The first-order chi connectivity index (χ1) is 14.2. The molecule has 2 aromatic carbocycles. The lowest BCUT2D eigenvalue weighted by Crippen LogP contribution is -2.41. The first-order valence-corrected chi connectivity index (χ1v) is 11.7. The van der Waals surface area contributed by atoms with E-state index in [1.165, 1.54) is 11.4 Å². The second-order valence-corrected chi connectivity index (χ2v) is 9.95. The molecular weight excluding hydrogens is 400 g/mol. The largest absolute Gasteiger partial charge is 0.495 e. The average Bonchev–Trinajstić information content (AvgIpc) is 2.74. The topological polar surface area (TPSA) is 75.7 Å². The van der Waals surface area contributed by atoms with E-state index < -0.39 is 10.0 Å². The van der Waals surface area contributed by atoms with Gasteiger partial charge in [-0.25, -0.2) is 8.42 Å². The Morgan fingerprint density at radius 3 is 2.40 bits per heavy atom. The molecule has 7 heteroatoms. The van der Waals surface area contributed by atoms with Gasteiger partial charge >= 0.3 is 0 Å². The minimum atomic E-state index is -3.70. The summed E-state index contributed by atoms with van der Waals surface area (Å²) in [5.74, 6) is 0.292. The summed E-state index contributed by atoms with van der Waals surface area (Å²) in [7, 11) is -2.22. The van der Waals surface area contributed by atoms with Crippen molar-refractivity contribution in [2.75, 3.05) is 25.5 Å². The number of ether oxygens (including phenoxy) is 1. The predicted octanol–water partition coefficient (Wildman–Crippen LogP) is 4.17. The van der Waals surface area contributed by atoms with E-state index in [1.54, 1.807) is 12.1 Å². The van der Waals surface area contributed by atoms with Gasteiger partial charge in [0, 0.05) is 24.7 Å². The first kappa shape index (κ1) is 22.3. The summed E-state index contributed by atoms with van der Waals surface area (Å²) in [6.07, 6.45) is 0.978. The van der Waals surface area contributed by atoms with Crippen molar-refractivity contribution in [3.63, 3.8) is 0 Å². The molecule has 1 N–H and O–H groups in total. The molecule has 1 fully saturated rings. The van der Waals surface area contributed by atoms with Crippen LogP contribution < -0.4 is 10.1 Å². The third kappa shape index (κ3) is 4.68. The Bertz CT molecular complexity index is 1010. The lowest BCUT2D eigenvalue weighted by atomic mass is 9.97. The summed E-state index contributed by atoms with van der Waals surface area (Å²) >= 11 is 0. The zero-order valence-corrected chi connectivity index (χ0v) is 18.8. The fraction of sp³-hybridized carbons (Fsp3) is 0.435. The monoisotopic (exact) mass is 430 g/mol. The van der Waals surface area contributed by atoms with Gasteiger partial charge in [-0.1, -0.05) is 38.1 Å². The quantitative estimate of drug-likeness (QED) is 0.746. The number of aryl methyl sites for hydroxylation is 1. The minimum Gasteiger partial charge on any atom is -0.495 e. The predicted molar refractivity (Wildman–Crippen MR) is 118 cm³/mol. The van der Waals surface area contributed by atoms with Crippen LogP contribution in [0.5, 0.6) is 5.75 Å². The molecule has 0 saturated carbocycles. The molecular formula is C23H30N2O4S. The number of carbonyl (C=O) groups is 1. The maximum atomic E-state index is 13.3. The molecule has 1 aliphatic heterocycles. The van der Waals surface area contributed by atoms with Crippen molar-refractivity contribution >= 4 is 21.6 Å². The maximum absolute atomic E-state index is 13.3. The van der Waals surface area contributed by atoms with Crippen LogP contribution in [0.1, 0.15) is 43.7 Å². The van der Waals surface area contributed by atoms with E-state index in [0.29, 0.717) is 31.7 Å². The normalized spacial score (nSPS) is 15.9. The summed E-state index contributed by atoms with van der Waals surface area (Å²) in [5.41, 5.74) is 2.75. The highest BCUT2D eigenvalue weighted by Gasteiger charge is 2.34. The molecule has 1 aliphatic rings. The van der Waals surface area contributed by atoms with Crippen LogP contribution in [0.25, 0.3) is 0 Å². The summed E-state index contributed by atoms with van der Waals surface area (Å²) in [6.45, 7) is 6.61. The third-order valence-corrected chi connectivity index (χ3v) is 7.62. The van der Waals surface area contributed by atoms with E-state index in [1.807, 2.05) is 51.1 Å². The molecule has 1 heterocycles. The number of piperidine rings is 1. The number of sulfonamides is 1. The van der Waals surface area contributed by atoms with Gasteiger partial charge in [-0.15, -0.1) is 0 Å². The van der Waals surface area contributed by atoms with E-state index in [4.69, 9.17) is 4.74 Å². The molecule has 6 nitrogen and oxygen atoms in total. The van der Waals surface area contributed by atoms with Gasteiger partial charge in [0.25, 0.3) is 0 Å². The maximum Gasteiger partial charge on any atom is 0.246 e. The van der Waals surface area contributed by atoms with Gasteiger partial charge in [0.2, 0.25) is 15.9 Å². The summed E-state index contributed by atoms with van der Waals surface area (Å²) in [5, 5.41) is 2.98. The lowest BCUT2D eigenvalue weighted by molar-refractivity contribution is -0.120. The van der Waals surface area contributed by atoms with E-state index in [0.717, 1.165) is 16.8 Å². The van der Waals surface area contributed by atoms with Gasteiger partial charge in [0.15, 0.2) is 0 Å². The molecule has 0 unspecified atom stereocenters. The smallest absolute Gasteiger partial charge is 0.246 e. The molecule has 1 saturated heterocycles. The van der Waals surface area contributed by atoms with E-state index in [9.17, 15) is 13.2 Å². The highest BCUT2D eigenvalue weighted by atomic mass is 32.2. The van der Waals surface area contributed by atoms with Gasteiger partial charge < -0.3 is 10.1 Å². The fourth-order valence-corrected chi connectivity index (χ4v) is 5.36. The summed E-state index contributed by atoms with van der Waals surface area (Å²) < 4.78 is 33.4. The highest BCUT2D eigenvalue weighted by molar-refractivity contribution is 7.89. The van der Waals surface area contributed by atoms with Gasteiger partial charge in [-0.2, -0.15) is 4.31 Å². The van der Waals surface area contributed by atoms with E-state index >= 15 is 0 Å². The zero-order chi connectivity index (χ0) is 21.9. The van der Waals surface area contributed by atoms with Crippen molar-refractivity contribution in [1.82, 2.24) is 4.31 Å². The van der Waals surface area contributed by atoms with Gasteiger partial charge in [0.1, 0.15) is 10.6 Å². The van der Waals surface area contributed by atoms with Crippen LogP contribution in [0, 0.1) is 12.8 Å². The number of anilines is 1. The number of nitrogens with zero attached hydrogens (tertiary/aromatic N) is 1. The molecule has 1 amide bonds. The van der Waals surface area contributed by atoms with Crippen LogP contribution in [0.15, 0.2) is 47.4 Å². The number of rotatable bonds is 6. The van der Waals surface area contributed by atoms with Crippen molar-refractivity contribution < 1.29 is 17.9 Å². The van der Waals surface area contributed by atoms with Crippen LogP contribution in [0.4, 0.5) is 5.69 Å². The molecule has 0 spiro atoms. The Kier molecular flexibility index (Phi) is 6.83. The van der Waals surface area contributed by atoms with Gasteiger partial charge in [-0.05, 0) is 55.0 Å². The minimum absolute atomic E-state index is 0.0549.